The van der Waals surface area contributed by atoms with Crippen LogP contribution in [0.4, 0.5) is 0 Å². The standard InChI is InChI=1S/C22H26O3/c1-13-15-5-6-18-17(16(15)7-9-20(13)24-4)11-12-22(3)19(18)8-10-21(22)25-14(2)23/h7-9,21H,5-6,10-12H2,1-4H3/t21-,22+/m1/s1. The van der Waals surface area contributed by atoms with Crippen LogP contribution in [0.1, 0.15) is 56.2 Å². The topological polar surface area (TPSA) is 35.5 Å². The molecule has 0 saturated heterocycles. The number of rotatable bonds is 2. The smallest absolute Gasteiger partial charge is 0.302 e. The molecule has 0 aliphatic heterocycles. The lowest BCUT2D eigenvalue weighted by Crippen LogP contribution is -2.36. The predicted molar refractivity (Wildman–Crippen MR) is 98.6 cm³/mol. The van der Waals surface area contributed by atoms with Crippen molar-refractivity contribution in [3.8, 4) is 5.75 Å². The lowest BCUT2D eigenvalue weighted by molar-refractivity contribution is -0.150. The Hall–Kier alpha value is -2.03. The highest BCUT2D eigenvalue weighted by Gasteiger charge is 2.47. The van der Waals surface area contributed by atoms with Crippen molar-refractivity contribution in [1.29, 1.82) is 0 Å². The van der Waals surface area contributed by atoms with Crippen molar-refractivity contribution in [2.24, 2.45) is 5.41 Å². The zero-order chi connectivity index (χ0) is 17.8. The molecule has 3 aliphatic rings. The van der Waals surface area contributed by atoms with Crippen LogP contribution in [0.2, 0.25) is 0 Å². The number of hydrogen-bond donors (Lipinski definition) is 0. The molecule has 1 aromatic rings. The molecule has 0 N–H and O–H groups in total. The van der Waals surface area contributed by atoms with Crippen molar-refractivity contribution < 1.29 is 14.3 Å². The highest BCUT2D eigenvalue weighted by atomic mass is 16.5. The number of methoxy groups -OCH3 is 1. The fourth-order valence-electron chi connectivity index (χ4n) is 5.13. The lowest BCUT2D eigenvalue weighted by atomic mass is 9.64. The summed E-state index contributed by atoms with van der Waals surface area (Å²) >= 11 is 0. The second kappa shape index (κ2) is 5.76. The predicted octanol–water partition coefficient (Wildman–Crippen LogP) is 4.77. The number of carbonyl (C=O) groups excluding carboxylic acids is 1. The van der Waals surface area contributed by atoms with Crippen molar-refractivity contribution in [2.75, 3.05) is 7.11 Å². The van der Waals surface area contributed by atoms with Crippen molar-refractivity contribution in [2.45, 2.75) is 59.0 Å². The molecule has 4 rings (SSSR count). The molecule has 0 spiro atoms. The Morgan fingerprint density at radius 1 is 1.20 bits per heavy atom. The zero-order valence-corrected chi connectivity index (χ0v) is 15.6. The number of allylic oxidation sites excluding steroid dienone is 2. The highest BCUT2D eigenvalue weighted by molar-refractivity contribution is 5.80. The maximum Gasteiger partial charge on any atom is 0.302 e. The summed E-state index contributed by atoms with van der Waals surface area (Å²) in [5.41, 5.74) is 8.52. The van der Waals surface area contributed by atoms with Gasteiger partial charge in [-0.25, -0.2) is 0 Å². The summed E-state index contributed by atoms with van der Waals surface area (Å²) < 4.78 is 11.2. The van der Waals surface area contributed by atoms with Gasteiger partial charge in [-0.3, -0.25) is 4.79 Å². The molecule has 3 nitrogen and oxygen atoms in total. The van der Waals surface area contributed by atoms with Crippen LogP contribution >= 0.6 is 0 Å². The summed E-state index contributed by atoms with van der Waals surface area (Å²) in [6.45, 7) is 5.96. The van der Waals surface area contributed by atoms with Gasteiger partial charge in [0.25, 0.3) is 0 Å². The molecular formula is C22H26O3. The summed E-state index contributed by atoms with van der Waals surface area (Å²) in [6.07, 6.45) is 7.39. The summed E-state index contributed by atoms with van der Waals surface area (Å²) in [6, 6.07) is 4.33. The second-order valence-corrected chi connectivity index (χ2v) is 7.75. The van der Waals surface area contributed by atoms with Gasteiger partial charge in [-0.15, -0.1) is 0 Å². The zero-order valence-electron chi connectivity index (χ0n) is 15.6. The van der Waals surface area contributed by atoms with Crippen molar-refractivity contribution in [3.05, 3.63) is 46.0 Å². The van der Waals surface area contributed by atoms with E-state index in [9.17, 15) is 4.79 Å². The minimum Gasteiger partial charge on any atom is -0.496 e. The van der Waals surface area contributed by atoms with Gasteiger partial charge in [0.2, 0.25) is 0 Å². The maximum atomic E-state index is 11.5. The normalized spacial score (nSPS) is 27.2. The Labute approximate surface area is 149 Å². The third-order valence-corrected chi connectivity index (χ3v) is 6.47. The first-order chi connectivity index (χ1) is 12.0. The summed E-state index contributed by atoms with van der Waals surface area (Å²) in [4.78, 5) is 11.5. The van der Waals surface area contributed by atoms with Crippen LogP contribution in [0.25, 0.3) is 5.57 Å². The molecule has 25 heavy (non-hydrogen) atoms. The molecular weight excluding hydrogens is 312 g/mol. The van der Waals surface area contributed by atoms with Crippen molar-refractivity contribution >= 4 is 11.5 Å². The molecule has 0 amide bonds. The Balaban J connectivity index is 1.76. The van der Waals surface area contributed by atoms with Gasteiger partial charge in [-0.1, -0.05) is 19.1 Å². The molecule has 0 saturated carbocycles. The molecule has 1 aromatic carbocycles. The fourth-order valence-corrected chi connectivity index (χ4v) is 5.13. The Morgan fingerprint density at radius 3 is 2.72 bits per heavy atom. The van der Waals surface area contributed by atoms with Crippen LogP contribution in [0.15, 0.2) is 29.4 Å². The van der Waals surface area contributed by atoms with Crippen LogP contribution in [0.3, 0.4) is 0 Å². The van der Waals surface area contributed by atoms with E-state index in [0.29, 0.717) is 0 Å². The third kappa shape index (κ3) is 2.36. The molecule has 0 heterocycles. The lowest BCUT2D eigenvalue weighted by Gasteiger charge is -2.42. The first-order valence-electron chi connectivity index (χ1n) is 9.23. The molecule has 3 aliphatic carbocycles. The minimum atomic E-state index is -0.169. The Kier molecular flexibility index (Phi) is 3.78. The number of carbonyl (C=O) groups is 1. The van der Waals surface area contributed by atoms with E-state index in [4.69, 9.17) is 9.47 Å². The molecule has 0 fully saturated rings. The number of ether oxygens (including phenoxy) is 2. The van der Waals surface area contributed by atoms with E-state index in [2.05, 4.69) is 32.1 Å². The van der Waals surface area contributed by atoms with E-state index in [1.807, 2.05) is 0 Å². The van der Waals surface area contributed by atoms with Crippen LogP contribution in [0, 0.1) is 12.3 Å². The fraction of sp³-hybridized carbons (Fsp3) is 0.500. The highest BCUT2D eigenvalue weighted by Crippen LogP contribution is 2.56. The average molecular weight is 338 g/mol. The van der Waals surface area contributed by atoms with E-state index in [-0.39, 0.29) is 17.5 Å². The number of fused-ring (bicyclic) bond motifs is 4. The SMILES string of the molecule is COc1ccc2c(c1C)CCC1=C2CC[C@@]2(C)C1=CC[C@H]2OC(C)=O. The summed E-state index contributed by atoms with van der Waals surface area (Å²) in [7, 11) is 1.74. The monoisotopic (exact) mass is 338 g/mol. The number of esters is 1. The van der Waals surface area contributed by atoms with E-state index in [1.54, 1.807) is 7.11 Å². The quantitative estimate of drug-likeness (QED) is 0.729. The van der Waals surface area contributed by atoms with Gasteiger partial charge in [-0.2, -0.15) is 0 Å². The van der Waals surface area contributed by atoms with Gasteiger partial charge in [-0.05, 0) is 72.1 Å². The van der Waals surface area contributed by atoms with Gasteiger partial charge in [0.05, 0.1) is 7.11 Å². The molecule has 132 valence electrons. The summed E-state index contributed by atoms with van der Waals surface area (Å²) in [5.74, 6) is 0.816. The Bertz CT molecular complexity index is 815. The maximum absolute atomic E-state index is 11.5. The third-order valence-electron chi connectivity index (χ3n) is 6.47. The van der Waals surface area contributed by atoms with Gasteiger partial charge in [0.1, 0.15) is 11.9 Å². The molecule has 2 atom stereocenters. The average Bonchev–Trinajstić information content (AvgIpc) is 2.91. The van der Waals surface area contributed by atoms with Crippen molar-refractivity contribution in [3.63, 3.8) is 0 Å². The van der Waals surface area contributed by atoms with Gasteiger partial charge in [0.15, 0.2) is 0 Å². The van der Waals surface area contributed by atoms with Gasteiger partial charge < -0.3 is 9.47 Å². The van der Waals surface area contributed by atoms with Crippen LogP contribution < -0.4 is 4.74 Å². The van der Waals surface area contributed by atoms with E-state index >= 15 is 0 Å². The molecule has 0 unspecified atom stereocenters. The largest absolute Gasteiger partial charge is 0.496 e. The number of hydrogen-bond acceptors (Lipinski definition) is 3. The van der Waals surface area contributed by atoms with Crippen LogP contribution in [0.5, 0.6) is 5.75 Å². The summed E-state index contributed by atoms with van der Waals surface area (Å²) in [5, 5.41) is 0. The van der Waals surface area contributed by atoms with Crippen LogP contribution in [-0.4, -0.2) is 19.2 Å². The molecule has 0 aromatic heterocycles. The first-order valence-corrected chi connectivity index (χ1v) is 9.23. The molecule has 0 bridgehead atoms. The van der Waals surface area contributed by atoms with Gasteiger partial charge >= 0.3 is 5.97 Å². The van der Waals surface area contributed by atoms with Crippen LogP contribution in [-0.2, 0) is 16.0 Å². The minimum absolute atomic E-state index is 0.00643. The van der Waals surface area contributed by atoms with E-state index in [1.165, 1.54) is 40.3 Å². The molecule has 0 radical (unpaired) electrons. The first kappa shape index (κ1) is 16.4. The van der Waals surface area contributed by atoms with Crippen molar-refractivity contribution in [1.82, 2.24) is 0 Å². The van der Waals surface area contributed by atoms with E-state index < -0.39 is 0 Å². The molecule has 3 heteroatoms. The Morgan fingerprint density at radius 2 is 2.00 bits per heavy atom. The van der Waals surface area contributed by atoms with Gasteiger partial charge in [0, 0.05) is 18.8 Å². The second-order valence-electron chi connectivity index (χ2n) is 7.75. The number of benzene rings is 1. The van der Waals surface area contributed by atoms with E-state index in [0.717, 1.165) is 37.9 Å².